The number of aryl methyl sites for hydroxylation is 1. The average molecular weight is 238 g/mol. The number of rotatable bonds is 7. The Balaban J connectivity index is 2.29. The van der Waals surface area contributed by atoms with Gasteiger partial charge in [-0.1, -0.05) is 13.8 Å². The molecule has 0 spiro atoms. The second kappa shape index (κ2) is 7.06. The number of carbonyl (C=O) groups excluding carboxylic acids is 1. The van der Waals surface area contributed by atoms with Crippen LogP contribution in [-0.2, 0) is 11.2 Å². The molecule has 17 heavy (non-hydrogen) atoms. The fraction of sp³-hybridized carbons (Fsp3) is 0.667. The monoisotopic (exact) mass is 238 g/mol. The van der Waals surface area contributed by atoms with Crippen LogP contribution in [0.3, 0.4) is 0 Å². The lowest BCUT2D eigenvalue weighted by Crippen LogP contribution is -2.14. The van der Waals surface area contributed by atoms with Gasteiger partial charge in [-0.15, -0.1) is 0 Å². The molecule has 5 heteroatoms. The van der Waals surface area contributed by atoms with Gasteiger partial charge in [0.2, 0.25) is 5.91 Å². The number of anilines is 1. The van der Waals surface area contributed by atoms with E-state index in [1.54, 1.807) is 0 Å². The van der Waals surface area contributed by atoms with Gasteiger partial charge in [0.25, 0.3) is 0 Å². The first-order valence-electron chi connectivity index (χ1n) is 6.19. The van der Waals surface area contributed by atoms with Crippen LogP contribution in [0.15, 0.2) is 6.07 Å². The molecule has 0 aromatic carbocycles. The van der Waals surface area contributed by atoms with Crippen molar-refractivity contribution in [3.05, 3.63) is 11.8 Å². The third kappa shape index (κ3) is 4.99. The quantitative estimate of drug-likeness (QED) is 0.675. The number of nitrogens with two attached hydrogens (primary N) is 1. The van der Waals surface area contributed by atoms with E-state index in [1.165, 1.54) is 0 Å². The maximum absolute atomic E-state index is 11.6. The molecule has 0 fully saturated rings. The number of nitrogens with one attached hydrogen (secondary N) is 2. The predicted octanol–water partition coefficient (Wildman–Crippen LogP) is 1.68. The van der Waals surface area contributed by atoms with E-state index in [1.807, 2.05) is 13.0 Å². The number of carbonyl (C=O) groups is 1. The van der Waals surface area contributed by atoms with Crippen molar-refractivity contribution >= 4 is 11.7 Å². The fourth-order valence-corrected chi connectivity index (χ4v) is 1.62. The largest absolute Gasteiger partial charge is 0.330 e. The lowest BCUT2D eigenvalue weighted by atomic mass is 10.0. The average Bonchev–Trinajstić information content (AvgIpc) is 2.74. The van der Waals surface area contributed by atoms with Crippen molar-refractivity contribution in [1.29, 1.82) is 0 Å². The molecule has 1 unspecified atom stereocenters. The molecule has 1 amide bonds. The molecule has 0 saturated carbocycles. The standard InChI is InChI=1S/C12H22N4O/c1-3-10-8-11(16-15-10)14-12(17)5-4-9(2)6-7-13/h8-9H,3-7,13H2,1-2H3,(H2,14,15,16,17). The van der Waals surface area contributed by atoms with Crippen LogP contribution in [0.25, 0.3) is 0 Å². The van der Waals surface area contributed by atoms with Gasteiger partial charge in [0.05, 0.1) is 0 Å². The number of hydrogen-bond acceptors (Lipinski definition) is 3. The number of amides is 1. The van der Waals surface area contributed by atoms with E-state index >= 15 is 0 Å². The second-order valence-electron chi connectivity index (χ2n) is 4.40. The number of aromatic nitrogens is 2. The molecule has 96 valence electrons. The molecule has 0 saturated heterocycles. The molecule has 4 N–H and O–H groups in total. The predicted molar refractivity (Wildman–Crippen MR) is 68.7 cm³/mol. The van der Waals surface area contributed by atoms with Gasteiger partial charge >= 0.3 is 0 Å². The maximum Gasteiger partial charge on any atom is 0.225 e. The summed E-state index contributed by atoms with van der Waals surface area (Å²) in [7, 11) is 0. The number of H-pyrrole nitrogens is 1. The molecule has 1 atom stereocenters. The summed E-state index contributed by atoms with van der Waals surface area (Å²) in [6.45, 7) is 4.83. The van der Waals surface area contributed by atoms with Crippen LogP contribution in [0.2, 0.25) is 0 Å². The Morgan fingerprint density at radius 2 is 2.35 bits per heavy atom. The van der Waals surface area contributed by atoms with Crippen LogP contribution < -0.4 is 11.1 Å². The molecule has 0 aliphatic rings. The van der Waals surface area contributed by atoms with Crippen LogP contribution in [0, 0.1) is 5.92 Å². The Kier molecular flexibility index (Phi) is 5.69. The molecule has 0 aliphatic heterocycles. The summed E-state index contributed by atoms with van der Waals surface area (Å²) in [5.41, 5.74) is 6.49. The number of hydrogen-bond donors (Lipinski definition) is 3. The van der Waals surface area contributed by atoms with Crippen LogP contribution in [0.5, 0.6) is 0 Å². The van der Waals surface area contributed by atoms with Crippen molar-refractivity contribution < 1.29 is 4.79 Å². The van der Waals surface area contributed by atoms with E-state index in [0.29, 0.717) is 24.7 Å². The van der Waals surface area contributed by atoms with Crippen molar-refractivity contribution in [2.45, 2.75) is 39.5 Å². The fourth-order valence-electron chi connectivity index (χ4n) is 1.62. The zero-order valence-corrected chi connectivity index (χ0v) is 10.6. The molecular formula is C12H22N4O. The highest BCUT2D eigenvalue weighted by atomic mass is 16.1. The summed E-state index contributed by atoms with van der Waals surface area (Å²) in [5.74, 6) is 1.12. The van der Waals surface area contributed by atoms with Gasteiger partial charge < -0.3 is 11.1 Å². The van der Waals surface area contributed by atoms with Crippen LogP contribution in [-0.4, -0.2) is 22.6 Å². The third-order valence-corrected chi connectivity index (χ3v) is 2.80. The van der Waals surface area contributed by atoms with Gasteiger partial charge in [-0.2, -0.15) is 5.10 Å². The summed E-state index contributed by atoms with van der Waals surface area (Å²) in [6, 6.07) is 1.86. The van der Waals surface area contributed by atoms with Crippen LogP contribution in [0.4, 0.5) is 5.82 Å². The van der Waals surface area contributed by atoms with E-state index in [9.17, 15) is 4.79 Å². The van der Waals surface area contributed by atoms with E-state index < -0.39 is 0 Å². The van der Waals surface area contributed by atoms with E-state index in [4.69, 9.17) is 5.73 Å². The summed E-state index contributed by atoms with van der Waals surface area (Å²) in [5, 5.41) is 9.66. The van der Waals surface area contributed by atoms with Gasteiger partial charge in [-0.25, -0.2) is 0 Å². The highest BCUT2D eigenvalue weighted by Gasteiger charge is 2.08. The lowest BCUT2D eigenvalue weighted by Gasteiger charge is -2.08. The summed E-state index contributed by atoms with van der Waals surface area (Å²) in [4.78, 5) is 11.6. The minimum absolute atomic E-state index is 0.0167. The van der Waals surface area contributed by atoms with Crippen molar-refractivity contribution in [1.82, 2.24) is 10.2 Å². The Bertz CT molecular complexity index is 348. The van der Waals surface area contributed by atoms with E-state index in [0.717, 1.165) is 25.0 Å². The highest BCUT2D eigenvalue weighted by molar-refractivity contribution is 5.89. The van der Waals surface area contributed by atoms with Gasteiger partial charge in [-0.05, 0) is 31.7 Å². The third-order valence-electron chi connectivity index (χ3n) is 2.80. The van der Waals surface area contributed by atoms with Crippen molar-refractivity contribution in [2.24, 2.45) is 11.7 Å². The van der Waals surface area contributed by atoms with Gasteiger partial charge in [0, 0.05) is 18.2 Å². The minimum atomic E-state index is 0.0167. The topological polar surface area (TPSA) is 83.8 Å². The Labute approximate surface area is 102 Å². The van der Waals surface area contributed by atoms with E-state index in [2.05, 4.69) is 22.4 Å². The first-order valence-corrected chi connectivity index (χ1v) is 6.19. The first-order chi connectivity index (χ1) is 8.15. The normalized spacial score (nSPS) is 12.4. The van der Waals surface area contributed by atoms with Gasteiger partial charge in [0.15, 0.2) is 5.82 Å². The van der Waals surface area contributed by atoms with Crippen molar-refractivity contribution in [2.75, 3.05) is 11.9 Å². The SMILES string of the molecule is CCc1cc(NC(=O)CCC(C)CCN)n[nH]1. The number of nitrogens with zero attached hydrogens (tertiary/aromatic N) is 1. The molecule has 0 aliphatic carbocycles. The van der Waals surface area contributed by atoms with Crippen LogP contribution >= 0.6 is 0 Å². The lowest BCUT2D eigenvalue weighted by molar-refractivity contribution is -0.116. The molecular weight excluding hydrogens is 216 g/mol. The highest BCUT2D eigenvalue weighted by Crippen LogP contribution is 2.11. The molecule has 1 aromatic heterocycles. The smallest absolute Gasteiger partial charge is 0.225 e. The van der Waals surface area contributed by atoms with Crippen molar-refractivity contribution in [3.63, 3.8) is 0 Å². The van der Waals surface area contributed by atoms with E-state index in [-0.39, 0.29) is 5.91 Å². The first kappa shape index (κ1) is 13.7. The summed E-state index contributed by atoms with van der Waals surface area (Å²) in [6.07, 6.45) is 3.25. The van der Waals surface area contributed by atoms with Crippen molar-refractivity contribution in [3.8, 4) is 0 Å². The zero-order chi connectivity index (χ0) is 12.7. The molecule has 0 radical (unpaired) electrons. The zero-order valence-electron chi connectivity index (χ0n) is 10.6. The molecule has 1 heterocycles. The van der Waals surface area contributed by atoms with Crippen LogP contribution in [0.1, 0.15) is 38.8 Å². The molecule has 5 nitrogen and oxygen atoms in total. The molecule has 1 rings (SSSR count). The summed E-state index contributed by atoms with van der Waals surface area (Å²) >= 11 is 0. The Hall–Kier alpha value is -1.36. The maximum atomic E-state index is 11.6. The summed E-state index contributed by atoms with van der Waals surface area (Å²) < 4.78 is 0. The van der Waals surface area contributed by atoms with Gasteiger partial charge in [-0.3, -0.25) is 9.89 Å². The second-order valence-corrected chi connectivity index (χ2v) is 4.40. The minimum Gasteiger partial charge on any atom is -0.330 e. The number of aromatic amines is 1. The van der Waals surface area contributed by atoms with Gasteiger partial charge in [0.1, 0.15) is 0 Å². The Morgan fingerprint density at radius 1 is 1.59 bits per heavy atom. The molecule has 1 aromatic rings. The molecule has 0 bridgehead atoms. The Morgan fingerprint density at radius 3 is 2.94 bits per heavy atom.